The van der Waals surface area contributed by atoms with E-state index < -0.39 is 5.82 Å². The second kappa shape index (κ2) is 5.55. The summed E-state index contributed by atoms with van der Waals surface area (Å²) in [6, 6.07) is 4.62. The molecule has 0 aromatic heterocycles. The van der Waals surface area contributed by atoms with Gasteiger partial charge in [-0.15, -0.1) is 0 Å². The number of amidine groups is 1. The molecule has 0 aliphatic carbocycles. The van der Waals surface area contributed by atoms with Gasteiger partial charge in [0.15, 0.2) is 0 Å². The summed E-state index contributed by atoms with van der Waals surface area (Å²) >= 11 is 9.84. The standard InChI is InChI=1S/C10H9ClFIN2S/c11-8-3-6(1-2-9(8)12)15-10-14-5-7(4-13)16-10/h1-3,7H,4-5H2,(H,14,15)/p+1. The lowest BCUT2D eigenvalue weighted by atomic mass is 10.3. The van der Waals surface area contributed by atoms with E-state index in [0.717, 1.165) is 21.8 Å². The van der Waals surface area contributed by atoms with E-state index in [1.165, 1.54) is 6.07 Å². The second-order valence-corrected chi connectivity index (χ2v) is 5.96. The van der Waals surface area contributed by atoms with Crippen molar-refractivity contribution in [2.75, 3.05) is 16.3 Å². The highest BCUT2D eigenvalue weighted by Crippen LogP contribution is 2.21. The monoisotopic (exact) mass is 371 g/mol. The van der Waals surface area contributed by atoms with Gasteiger partial charge < -0.3 is 0 Å². The Morgan fingerprint density at radius 1 is 1.62 bits per heavy atom. The van der Waals surface area contributed by atoms with E-state index in [-0.39, 0.29) is 5.02 Å². The van der Waals surface area contributed by atoms with Crippen LogP contribution in [0.4, 0.5) is 10.1 Å². The molecule has 0 saturated heterocycles. The number of anilines is 1. The van der Waals surface area contributed by atoms with Gasteiger partial charge in [-0.05, 0) is 23.9 Å². The Balaban J connectivity index is 2.02. The fourth-order valence-electron chi connectivity index (χ4n) is 1.32. The lowest BCUT2D eigenvalue weighted by Crippen LogP contribution is -2.72. The summed E-state index contributed by atoms with van der Waals surface area (Å²) in [5, 5.41) is 4.93. The van der Waals surface area contributed by atoms with Crippen molar-refractivity contribution in [2.45, 2.75) is 5.25 Å². The van der Waals surface area contributed by atoms with Crippen LogP contribution < -0.4 is 10.3 Å². The van der Waals surface area contributed by atoms with Crippen molar-refractivity contribution in [1.82, 2.24) is 0 Å². The number of benzene rings is 1. The van der Waals surface area contributed by atoms with Crippen molar-refractivity contribution in [3.63, 3.8) is 0 Å². The Morgan fingerprint density at radius 2 is 2.44 bits per heavy atom. The van der Waals surface area contributed by atoms with Crippen molar-refractivity contribution < 1.29 is 9.38 Å². The van der Waals surface area contributed by atoms with Gasteiger partial charge >= 0.3 is 5.17 Å². The Morgan fingerprint density at radius 3 is 3.06 bits per heavy atom. The first kappa shape index (κ1) is 12.4. The number of halogens is 3. The fraction of sp³-hybridized carbons (Fsp3) is 0.300. The molecule has 1 aliphatic rings. The van der Waals surface area contributed by atoms with Crippen LogP contribution in [0.1, 0.15) is 0 Å². The summed E-state index contributed by atoms with van der Waals surface area (Å²) in [4.78, 5) is 3.27. The molecule has 1 aromatic carbocycles. The maximum atomic E-state index is 12.9. The van der Waals surface area contributed by atoms with Gasteiger partial charge in [0.1, 0.15) is 11.5 Å². The predicted octanol–water partition coefficient (Wildman–Crippen LogP) is 1.88. The van der Waals surface area contributed by atoms with E-state index in [9.17, 15) is 4.39 Å². The van der Waals surface area contributed by atoms with E-state index in [1.54, 1.807) is 23.9 Å². The number of hydrogen-bond acceptors (Lipinski definition) is 2. The smallest absolute Gasteiger partial charge is 0.267 e. The minimum Gasteiger partial charge on any atom is -0.267 e. The van der Waals surface area contributed by atoms with Crippen molar-refractivity contribution >= 4 is 56.8 Å². The summed E-state index contributed by atoms with van der Waals surface area (Å²) in [5.74, 6) is -0.394. The van der Waals surface area contributed by atoms with Crippen molar-refractivity contribution in [1.29, 1.82) is 0 Å². The number of hydrogen-bond donors (Lipinski definition) is 2. The minimum absolute atomic E-state index is 0.138. The van der Waals surface area contributed by atoms with Crippen molar-refractivity contribution in [3.8, 4) is 0 Å². The van der Waals surface area contributed by atoms with Crippen molar-refractivity contribution in [2.24, 2.45) is 0 Å². The molecule has 6 heteroatoms. The molecular formula is C10H10ClFIN2S+. The molecule has 0 saturated carbocycles. The van der Waals surface area contributed by atoms with Crippen LogP contribution >= 0.6 is 46.0 Å². The van der Waals surface area contributed by atoms with Gasteiger partial charge in [0, 0.05) is 10.5 Å². The van der Waals surface area contributed by atoms with E-state index in [1.807, 2.05) is 0 Å². The zero-order valence-corrected chi connectivity index (χ0v) is 12.0. The van der Waals surface area contributed by atoms with Gasteiger partial charge in [-0.2, -0.15) is 0 Å². The topological polar surface area (TPSA) is 26.0 Å². The molecule has 2 rings (SSSR count). The van der Waals surface area contributed by atoms with Gasteiger partial charge in [-0.1, -0.05) is 34.2 Å². The molecule has 0 radical (unpaired) electrons. The van der Waals surface area contributed by atoms with E-state index in [4.69, 9.17) is 11.6 Å². The highest BCUT2D eigenvalue weighted by Gasteiger charge is 2.23. The zero-order chi connectivity index (χ0) is 11.5. The van der Waals surface area contributed by atoms with Gasteiger partial charge in [0.25, 0.3) is 0 Å². The lowest BCUT2D eigenvalue weighted by molar-refractivity contribution is -0.448. The number of thioether (sulfide) groups is 1. The minimum atomic E-state index is -0.394. The number of alkyl halides is 1. The average molecular weight is 372 g/mol. The van der Waals surface area contributed by atoms with Crippen LogP contribution in [0.25, 0.3) is 0 Å². The molecule has 1 heterocycles. The van der Waals surface area contributed by atoms with Crippen LogP contribution in [0, 0.1) is 5.82 Å². The van der Waals surface area contributed by atoms with Crippen LogP contribution in [0.15, 0.2) is 18.2 Å². The third-order valence-corrected chi connectivity index (χ3v) is 5.22. The lowest BCUT2D eigenvalue weighted by Gasteiger charge is -2.01. The molecule has 1 aliphatic heterocycles. The first-order valence-corrected chi connectivity index (χ1v) is 7.53. The molecule has 1 atom stereocenters. The first-order valence-electron chi connectivity index (χ1n) is 4.74. The van der Waals surface area contributed by atoms with Crippen LogP contribution in [0.3, 0.4) is 0 Å². The van der Waals surface area contributed by atoms with E-state index in [0.29, 0.717) is 5.25 Å². The Hall–Kier alpha value is -0.0100. The molecular weight excluding hydrogens is 362 g/mol. The molecule has 16 heavy (non-hydrogen) atoms. The molecule has 1 unspecified atom stereocenters. The molecule has 86 valence electrons. The molecule has 0 spiro atoms. The highest BCUT2D eigenvalue weighted by atomic mass is 127. The quantitative estimate of drug-likeness (QED) is 0.613. The number of rotatable bonds is 2. The average Bonchev–Trinajstić information content (AvgIpc) is 2.71. The van der Waals surface area contributed by atoms with Crippen LogP contribution in [0.5, 0.6) is 0 Å². The maximum absolute atomic E-state index is 12.9. The van der Waals surface area contributed by atoms with Gasteiger partial charge in [0.2, 0.25) is 0 Å². The van der Waals surface area contributed by atoms with Gasteiger partial charge in [-0.25, -0.2) is 9.71 Å². The third-order valence-electron chi connectivity index (χ3n) is 2.12. The predicted molar refractivity (Wildman–Crippen MR) is 76.1 cm³/mol. The summed E-state index contributed by atoms with van der Waals surface area (Å²) in [5.41, 5.74) is 0.801. The summed E-state index contributed by atoms with van der Waals surface area (Å²) < 4.78 is 14.0. The maximum Gasteiger partial charge on any atom is 0.309 e. The summed E-state index contributed by atoms with van der Waals surface area (Å²) in [6.07, 6.45) is 0. The summed E-state index contributed by atoms with van der Waals surface area (Å²) in [6.45, 7) is 0.963. The van der Waals surface area contributed by atoms with Crippen molar-refractivity contribution in [3.05, 3.63) is 29.0 Å². The number of nitrogens with one attached hydrogen (secondary N) is 2. The Bertz CT molecular complexity index is 427. The molecule has 0 bridgehead atoms. The van der Waals surface area contributed by atoms with Crippen LogP contribution in [-0.4, -0.2) is 21.4 Å². The Kier molecular flexibility index (Phi) is 4.32. The fourth-order valence-corrected chi connectivity index (χ4v) is 3.26. The highest BCUT2D eigenvalue weighted by molar-refractivity contribution is 14.1. The van der Waals surface area contributed by atoms with Crippen LogP contribution in [-0.2, 0) is 0 Å². The normalized spacial score (nSPS) is 19.7. The van der Waals surface area contributed by atoms with E-state index in [2.05, 4.69) is 32.9 Å². The molecule has 2 nitrogen and oxygen atoms in total. The molecule has 0 fully saturated rings. The Labute approximate surface area is 116 Å². The molecule has 1 aromatic rings. The van der Waals surface area contributed by atoms with Gasteiger partial charge in [-0.3, -0.25) is 4.99 Å². The first-order chi connectivity index (χ1) is 7.69. The zero-order valence-electron chi connectivity index (χ0n) is 8.27. The summed E-state index contributed by atoms with van der Waals surface area (Å²) in [7, 11) is 0. The molecule has 0 amide bonds. The van der Waals surface area contributed by atoms with E-state index >= 15 is 0 Å². The molecule has 2 N–H and O–H groups in total. The van der Waals surface area contributed by atoms with Crippen LogP contribution in [0.2, 0.25) is 5.02 Å². The second-order valence-electron chi connectivity index (χ2n) is 3.36. The SMILES string of the molecule is Fc1ccc(NC2=[NH+]CC(CI)S2)cc1Cl. The third kappa shape index (κ3) is 3.01. The largest absolute Gasteiger partial charge is 0.309 e. The van der Waals surface area contributed by atoms with Gasteiger partial charge in [0.05, 0.1) is 16.8 Å².